The lowest BCUT2D eigenvalue weighted by Gasteiger charge is -2.45. The van der Waals surface area contributed by atoms with Gasteiger partial charge in [0.1, 0.15) is 0 Å². The van der Waals surface area contributed by atoms with Gasteiger partial charge in [-0.25, -0.2) is 0 Å². The molecule has 0 fully saturated rings. The summed E-state index contributed by atoms with van der Waals surface area (Å²) in [6, 6.07) is -3.89. The summed E-state index contributed by atoms with van der Waals surface area (Å²) in [5, 5.41) is 75.3. The van der Waals surface area contributed by atoms with Crippen LogP contribution in [0.1, 0.15) is 0 Å². The van der Waals surface area contributed by atoms with Crippen LogP contribution in [-0.4, -0.2) is 133 Å². The Bertz CT molecular complexity index is 282. The van der Waals surface area contributed by atoms with Gasteiger partial charge in [-0.15, -0.1) is 0 Å². The van der Waals surface area contributed by atoms with E-state index in [1.54, 1.807) is 0 Å². The van der Waals surface area contributed by atoms with E-state index in [4.69, 9.17) is 12.2 Å². The average Bonchev–Trinajstić information content (AvgIpc) is 2.62. The number of rotatable bonds is 12. The first kappa shape index (κ1) is 23.4. The highest BCUT2D eigenvalue weighted by molar-refractivity contribution is 7.80. The first-order chi connectivity index (χ1) is 11.5. The Morgan fingerprint density at radius 2 is 0.667 bits per heavy atom. The highest BCUT2D eigenvalue weighted by Gasteiger charge is 2.35. The summed E-state index contributed by atoms with van der Waals surface area (Å²) < 4.78 is 0. The van der Waals surface area contributed by atoms with Gasteiger partial charge in [-0.1, -0.05) is 0 Å². The molecule has 0 atom stereocenters. The molecule has 24 heavy (non-hydrogen) atoms. The van der Waals surface area contributed by atoms with Crippen molar-refractivity contribution in [2.75, 3.05) is 52.9 Å². The van der Waals surface area contributed by atoms with Crippen molar-refractivity contribution >= 4 is 17.3 Å². The number of hydrogen-bond acceptors (Lipinski definition) is 9. The zero-order chi connectivity index (χ0) is 18.7. The Labute approximate surface area is 145 Å². The Kier molecular flexibility index (Phi) is 12.4. The summed E-state index contributed by atoms with van der Waals surface area (Å²) in [6.45, 7) is -4.39. The molecule has 8 N–H and O–H groups in total. The van der Waals surface area contributed by atoms with Gasteiger partial charge in [0.05, 0.1) is 77.0 Å². The van der Waals surface area contributed by atoms with Gasteiger partial charge < -0.3 is 50.7 Å². The third-order valence-electron chi connectivity index (χ3n) is 3.70. The van der Waals surface area contributed by atoms with Crippen molar-refractivity contribution in [1.29, 1.82) is 0 Å². The van der Waals surface area contributed by atoms with Crippen LogP contribution in [0.5, 0.6) is 0 Å². The molecule has 144 valence electrons. The van der Waals surface area contributed by atoms with Crippen LogP contribution in [0.4, 0.5) is 0 Å². The Morgan fingerprint density at radius 3 is 0.792 bits per heavy atom. The molecule has 0 rings (SSSR count). The molecule has 0 aliphatic rings. The first-order valence-electron chi connectivity index (χ1n) is 7.48. The van der Waals surface area contributed by atoms with Gasteiger partial charge in [0.2, 0.25) is 0 Å². The Hall–Kier alpha value is -0.630. The molecule has 0 spiro atoms. The molecule has 0 aromatic carbocycles. The van der Waals surface area contributed by atoms with Gasteiger partial charge in [-0.05, 0) is 12.2 Å². The fourth-order valence-corrected chi connectivity index (χ4v) is 2.89. The minimum Gasteiger partial charge on any atom is -0.394 e. The lowest BCUT2D eigenvalue weighted by Crippen LogP contribution is -2.63. The van der Waals surface area contributed by atoms with Crippen LogP contribution in [0.25, 0.3) is 0 Å². The van der Waals surface area contributed by atoms with Gasteiger partial charge in [-0.2, -0.15) is 0 Å². The second kappa shape index (κ2) is 12.7. The predicted octanol–water partition coefficient (Wildman–Crippen LogP) is -4.71. The SMILES string of the molecule is OCC(CO)N(C(=S)N(C(CO)CO)C(CO)CO)C(CO)CO. The number of hydrogen-bond donors (Lipinski definition) is 8. The minimum absolute atomic E-state index is 0.155. The van der Waals surface area contributed by atoms with Crippen LogP contribution < -0.4 is 0 Å². The molecule has 0 aromatic rings. The van der Waals surface area contributed by atoms with E-state index in [0.29, 0.717) is 0 Å². The summed E-state index contributed by atoms with van der Waals surface area (Å²) in [5.41, 5.74) is 0. The maximum absolute atomic E-state index is 9.43. The van der Waals surface area contributed by atoms with Crippen LogP contribution in [0.3, 0.4) is 0 Å². The second-order valence-electron chi connectivity index (χ2n) is 5.17. The highest BCUT2D eigenvalue weighted by atomic mass is 32.1. The van der Waals surface area contributed by atoms with Crippen molar-refractivity contribution in [3.8, 4) is 0 Å². The molecule has 0 heterocycles. The second-order valence-corrected chi connectivity index (χ2v) is 5.54. The van der Waals surface area contributed by atoms with Crippen LogP contribution in [0.15, 0.2) is 0 Å². The molecule has 0 amide bonds. The lowest BCUT2D eigenvalue weighted by atomic mass is 10.1. The maximum Gasteiger partial charge on any atom is 0.173 e. The standard InChI is InChI=1S/C13H28N2O8S/c16-1-9(2-17)14(10(3-18)4-19)13(24)15(11(5-20)6-21)12(7-22)8-23/h9-12,16-23H,1-8H2. The Morgan fingerprint density at radius 1 is 0.500 bits per heavy atom. The molecule has 0 bridgehead atoms. The highest BCUT2D eigenvalue weighted by Crippen LogP contribution is 2.16. The van der Waals surface area contributed by atoms with Crippen LogP contribution in [-0.2, 0) is 0 Å². The maximum atomic E-state index is 9.43. The van der Waals surface area contributed by atoms with Gasteiger partial charge in [0.25, 0.3) is 0 Å². The quantitative estimate of drug-likeness (QED) is 0.155. The van der Waals surface area contributed by atoms with E-state index in [-0.39, 0.29) is 5.11 Å². The number of aliphatic hydroxyl groups excluding tert-OH is 8. The summed E-state index contributed by atoms with van der Waals surface area (Å²) >= 11 is 5.30. The summed E-state index contributed by atoms with van der Waals surface area (Å²) in [6.07, 6.45) is 0. The molecule has 0 saturated carbocycles. The molecule has 11 heteroatoms. The average molecular weight is 372 g/mol. The first-order valence-corrected chi connectivity index (χ1v) is 7.89. The van der Waals surface area contributed by atoms with Gasteiger partial charge >= 0.3 is 0 Å². The fraction of sp³-hybridized carbons (Fsp3) is 0.923. The minimum atomic E-state index is -0.972. The van der Waals surface area contributed by atoms with Gasteiger partial charge in [-0.3, -0.25) is 0 Å². The van der Waals surface area contributed by atoms with Crippen molar-refractivity contribution in [1.82, 2.24) is 9.80 Å². The smallest absolute Gasteiger partial charge is 0.173 e. The van der Waals surface area contributed by atoms with Crippen molar-refractivity contribution in [2.45, 2.75) is 24.2 Å². The summed E-state index contributed by atoms with van der Waals surface area (Å²) in [7, 11) is 0. The zero-order valence-corrected chi connectivity index (χ0v) is 14.2. The largest absolute Gasteiger partial charge is 0.394 e. The fourth-order valence-electron chi connectivity index (χ4n) is 2.29. The molecule has 0 unspecified atom stereocenters. The van der Waals surface area contributed by atoms with E-state index in [9.17, 15) is 40.9 Å². The van der Waals surface area contributed by atoms with Crippen LogP contribution in [0, 0.1) is 0 Å². The van der Waals surface area contributed by atoms with E-state index in [0.717, 1.165) is 0 Å². The monoisotopic (exact) mass is 372 g/mol. The molecular formula is C13H28N2O8S. The molecule has 0 aliphatic carbocycles. The summed E-state index contributed by atoms with van der Waals surface area (Å²) in [5.74, 6) is 0. The van der Waals surface area contributed by atoms with E-state index in [1.807, 2.05) is 0 Å². The topological polar surface area (TPSA) is 168 Å². The van der Waals surface area contributed by atoms with Gasteiger partial charge in [0.15, 0.2) is 5.11 Å². The van der Waals surface area contributed by atoms with Crippen molar-refractivity contribution < 1.29 is 40.9 Å². The van der Waals surface area contributed by atoms with Crippen molar-refractivity contribution in [3.63, 3.8) is 0 Å². The Balaban J connectivity index is 5.86. The molecule has 0 aromatic heterocycles. The van der Waals surface area contributed by atoms with Gasteiger partial charge in [0, 0.05) is 0 Å². The third-order valence-corrected chi connectivity index (χ3v) is 4.12. The molecule has 10 nitrogen and oxygen atoms in total. The molecule has 0 saturated heterocycles. The molecule has 0 aliphatic heterocycles. The summed E-state index contributed by atoms with van der Waals surface area (Å²) in [4.78, 5) is 2.35. The predicted molar refractivity (Wildman–Crippen MR) is 88.1 cm³/mol. The number of aliphatic hydroxyl groups is 8. The van der Waals surface area contributed by atoms with Crippen molar-refractivity contribution in [2.24, 2.45) is 0 Å². The van der Waals surface area contributed by atoms with Crippen molar-refractivity contribution in [3.05, 3.63) is 0 Å². The third kappa shape index (κ3) is 5.72. The number of nitrogens with zero attached hydrogens (tertiary/aromatic N) is 2. The number of thiocarbonyl (C=S) groups is 1. The van der Waals surface area contributed by atoms with Crippen LogP contribution >= 0.6 is 12.2 Å². The lowest BCUT2D eigenvalue weighted by molar-refractivity contribution is 0.0103. The normalized spacial score (nSPS) is 11.8. The van der Waals surface area contributed by atoms with E-state index < -0.39 is 77.0 Å². The van der Waals surface area contributed by atoms with E-state index in [1.165, 1.54) is 9.80 Å². The molecule has 0 radical (unpaired) electrons. The molecular weight excluding hydrogens is 344 g/mol. The van der Waals surface area contributed by atoms with E-state index >= 15 is 0 Å². The van der Waals surface area contributed by atoms with E-state index in [2.05, 4.69) is 0 Å². The van der Waals surface area contributed by atoms with Crippen LogP contribution in [0.2, 0.25) is 0 Å². The zero-order valence-electron chi connectivity index (χ0n) is 13.3.